The summed E-state index contributed by atoms with van der Waals surface area (Å²) in [5.74, 6) is 0.160. The summed E-state index contributed by atoms with van der Waals surface area (Å²) in [6.07, 6.45) is 2.73. The molecule has 108 valence electrons. The van der Waals surface area contributed by atoms with E-state index in [0.717, 1.165) is 25.8 Å². The van der Waals surface area contributed by atoms with Gasteiger partial charge in [-0.15, -0.1) is 0 Å². The first-order chi connectivity index (χ1) is 8.83. The monoisotopic (exact) mass is 267 g/mol. The SMILES string of the molecule is CN1CC[C@H]2C(C)(C)C3(CC[C@]2(C)C1=O)OCCO3. The minimum absolute atomic E-state index is 0.118. The van der Waals surface area contributed by atoms with Crippen LogP contribution in [0, 0.1) is 16.7 Å². The fourth-order valence-electron chi connectivity index (χ4n) is 4.75. The molecule has 4 heteroatoms. The number of carbonyl (C=O) groups excluding carboxylic acids is 1. The van der Waals surface area contributed by atoms with Crippen LogP contribution >= 0.6 is 0 Å². The van der Waals surface area contributed by atoms with Crippen LogP contribution in [0.25, 0.3) is 0 Å². The number of carbonyl (C=O) groups is 1. The van der Waals surface area contributed by atoms with Gasteiger partial charge in [0.15, 0.2) is 5.79 Å². The third kappa shape index (κ3) is 1.56. The maximum Gasteiger partial charge on any atom is 0.228 e. The molecule has 0 bridgehead atoms. The van der Waals surface area contributed by atoms with Gasteiger partial charge in [0.2, 0.25) is 5.91 Å². The van der Waals surface area contributed by atoms with Crippen molar-refractivity contribution in [1.82, 2.24) is 4.90 Å². The van der Waals surface area contributed by atoms with Crippen molar-refractivity contribution < 1.29 is 14.3 Å². The Balaban J connectivity index is 1.99. The molecule has 1 spiro atoms. The number of rotatable bonds is 0. The minimum atomic E-state index is -0.465. The first-order valence-corrected chi connectivity index (χ1v) is 7.37. The number of amides is 1. The van der Waals surface area contributed by atoms with E-state index >= 15 is 0 Å². The van der Waals surface area contributed by atoms with Crippen molar-refractivity contribution >= 4 is 5.91 Å². The number of ether oxygens (including phenoxy) is 2. The molecule has 1 saturated carbocycles. The van der Waals surface area contributed by atoms with E-state index in [0.29, 0.717) is 25.0 Å². The van der Waals surface area contributed by atoms with Gasteiger partial charge in [-0.1, -0.05) is 20.8 Å². The first kappa shape index (κ1) is 13.4. The lowest BCUT2D eigenvalue weighted by atomic mass is 9.51. The predicted octanol–water partition coefficient (Wildman–Crippen LogP) is 2.03. The lowest BCUT2D eigenvalue weighted by Crippen LogP contribution is -2.64. The Hall–Kier alpha value is -0.610. The van der Waals surface area contributed by atoms with E-state index in [1.807, 2.05) is 11.9 Å². The molecule has 3 rings (SSSR count). The van der Waals surface area contributed by atoms with Crippen molar-refractivity contribution in [2.75, 3.05) is 26.8 Å². The molecule has 0 N–H and O–H groups in total. The zero-order valence-corrected chi connectivity index (χ0v) is 12.5. The quantitative estimate of drug-likeness (QED) is 0.674. The Morgan fingerprint density at radius 2 is 1.79 bits per heavy atom. The van der Waals surface area contributed by atoms with E-state index < -0.39 is 5.79 Å². The maximum atomic E-state index is 12.6. The van der Waals surface area contributed by atoms with E-state index in [9.17, 15) is 4.79 Å². The molecule has 1 aliphatic carbocycles. The average molecular weight is 267 g/mol. The van der Waals surface area contributed by atoms with Crippen molar-refractivity contribution in [3.8, 4) is 0 Å². The standard InChI is InChI=1S/C15H25NO3/c1-13(2)11-5-8-16(4)12(17)14(11,3)6-7-15(13)18-9-10-19-15/h11H,5-10H2,1-4H3/t11-,14-/m0/s1. The molecular weight excluding hydrogens is 242 g/mol. The largest absolute Gasteiger partial charge is 0.347 e. The van der Waals surface area contributed by atoms with E-state index in [1.165, 1.54) is 0 Å². The summed E-state index contributed by atoms with van der Waals surface area (Å²) in [6.45, 7) is 8.79. The Morgan fingerprint density at radius 3 is 2.42 bits per heavy atom. The summed E-state index contributed by atoms with van der Waals surface area (Å²) in [7, 11) is 1.92. The summed E-state index contributed by atoms with van der Waals surface area (Å²) < 4.78 is 12.0. The van der Waals surface area contributed by atoms with Gasteiger partial charge in [-0.25, -0.2) is 0 Å². The van der Waals surface area contributed by atoms with Crippen LogP contribution in [0.3, 0.4) is 0 Å². The zero-order valence-electron chi connectivity index (χ0n) is 12.5. The fraction of sp³-hybridized carbons (Fsp3) is 0.933. The molecule has 19 heavy (non-hydrogen) atoms. The first-order valence-electron chi connectivity index (χ1n) is 7.37. The molecule has 4 nitrogen and oxygen atoms in total. The number of hydrogen-bond donors (Lipinski definition) is 0. The van der Waals surface area contributed by atoms with Crippen molar-refractivity contribution in [2.24, 2.45) is 16.7 Å². The van der Waals surface area contributed by atoms with Gasteiger partial charge in [0.25, 0.3) is 0 Å². The molecule has 0 aromatic rings. The third-order valence-electron chi connectivity index (χ3n) is 5.94. The number of piperidine rings is 1. The predicted molar refractivity (Wildman–Crippen MR) is 71.5 cm³/mol. The Morgan fingerprint density at radius 1 is 1.16 bits per heavy atom. The minimum Gasteiger partial charge on any atom is -0.347 e. The smallest absolute Gasteiger partial charge is 0.228 e. The van der Waals surface area contributed by atoms with Gasteiger partial charge in [0.05, 0.1) is 18.6 Å². The molecule has 2 heterocycles. The zero-order chi connectivity index (χ0) is 13.9. The molecule has 1 amide bonds. The molecule has 0 aromatic carbocycles. The van der Waals surface area contributed by atoms with Gasteiger partial charge in [-0.2, -0.15) is 0 Å². The summed E-state index contributed by atoms with van der Waals surface area (Å²) in [5, 5.41) is 0. The highest BCUT2D eigenvalue weighted by Gasteiger charge is 2.65. The van der Waals surface area contributed by atoms with E-state index in [2.05, 4.69) is 20.8 Å². The lowest BCUT2D eigenvalue weighted by molar-refractivity contribution is -0.285. The van der Waals surface area contributed by atoms with E-state index in [-0.39, 0.29) is 10.8 Å². The molecule has 0 radical (unpaired) electrons. The van der Waals surface area contributed by atoms with Crippen LogP contribution in [-0.4, -0.2) is 43.4 Å². The fourth-order valence-corrected chi connectivity index (χ4v) is 4.75. The van der Waals surface area contributed by atoms with Gasteiger partial charge < -0.3 is 14.4 Å². The summed E-state index contributed by atoms with van der Waals surface area (Å²) in [4.78, 5) is 14.5. The molecule has 2 aliphatic heterocycles. The molecule has 0 unspecified atom stereocenters. The van der Waals surface area contributed by atoms with Crippen LogP contribution in [0.2, 0.25) is 0 Å². The maximum absolute atomic E-state index is 12.6. The van der Waals surface area contributed by atoms with Crippen molar-refractivity contribution in [3.63, 3.8) is 0 Å². The molecule has 2 atom stereocenters. The van der Waals surface area contributed by atoms with Crippen LogP contribution in [0.5, 0.6) is 0 Å². The second-order valence-electron chi connectivity index (χ2n) is 7.16. The van der Waals surface area contributed by atoms with Gasteiger partial charge in [0.1, 0.15) is 0 Å². The lowest BCUT2D eigenvalue weighted by Gasteiger charge is -2.59. The highest BCUT2D eigenvalue weighted by molar-refractivity contribution is 5.83. The highest BCUT2D eigenvalue weighted by Crippen LogP contribution is 2.61. The third-order valence-corrected chi connectivity index (χ3v) is 5.94. The number of likely N-dealkylation sites (tertiary alicyclic amines) is 1. The number of hydrogen-bond acceptors (Lipinski definition) is 3. The number of nitrogens with zero attached hydrogens (tertiary/aromatic N) is 1. The Kier molecular flexibility index (Phi) is 2.78. The van der Waals surface area contributed by atoms with Crippen LogP contribution in [-0.2, 0) is 14.3 Å². The highest BCUT2D eigenvalue weighted by atomic mass is 16.7. The van der Waals surface area contributed by atoms with E-state index in [4.69, 9.17) is 9.47 Å². The normalized spacial score (nSPS) is 40.5. The van der Waals surface area contributed by atoms with Gasteiger partial charge in [-0.3, -0.25) is 4.79 Å². The molecule has 2 saturated heterocycles. The molecule has 0 aromatic heterocycles. The second-order valence-corrected chi connectivity index (χ2v) is 7.16. The van der Waals surface area contributed by atoms with E-state index in [1.54, 1.807) is 0 Å². The van der Waals surface area contributed by atoms with Gasteiger partial charge in [-0.05, 0) is 18.8 Å². The molecule has 3 aliphatic rings. The topological polar surface area (TPSA) is 38.8 Å². The molecule has 3 fully saturated rings. The Labute approximate surface area is 115 Å². The summed E-state index contributed by atoms with van der Waals surface area (Å²) in [5.41, 5.74) is -0.371. The Bertz CT molecular complexity index is 400. The van der Waals surface area contributed by atoms with Crippen molar-refractivity contribution in [3.05, 3.63) is 0 Å². The number of fused-ring (bicyclic) bond motifs is 1. The van der Waals surface area contributed by atoms with Crippen LogP contribution < -0.4 is 0 Å². The molecular formula is C15H25NO3. The summed E-state index contributed by atoms with van der Waals surface area (Å²) in [6, 6.07) is 0. The summed E-state index contributed by atoms with van der Waals surface area (Å²) >= 11 is 0. The van der Waals surface area contributed by atoms with Gasteiger partial charge >= 0.3 is 0 Å². The average Bonchev–Trinajstić information content (AvgIpc) is 2.82. The van der Waals surface area contributed by atoms with Crippen LogP contribution in [0.1, 0.15) is 40.0 Å². The van der Waals surface area contributed by atoms with Gasteiger partial charge in [0, 0.05) is 25.4 Å². The second kappa shape index (κ2) is 3.95. The van der Waals surface area contributed by atoms with Crippen molar-refractivity contribution in [2.45, 2.75) is 45.8 Å². The van der Waals surface area contributed by atoms with Crippen LogP contribution in [0.4, 0.5) is 0 Å². The van der Waals surface area contributed by atoms with Crippen LogP contribution in [0.15, 0.2) is 0 Å². The van der Waals surface area contributed by atoms with Crippen molar-refractivity contribution in [1.29, 1.82) is 0 Å².